The Morgan fingerprint density at radius 1 is 1.19 bits per heavy atom. The van der Waals surface area contributed by atoms with Crippen LogP contribution in [0.25, 0.3) is 0 Å². The number of amides is 1. The smallest absolute Gasteiger partial charge is 0.227 e. The van der Waals surface area contributed by atoms with Crippen molar-refractivity contribution >= 4 is 39.1 Å². The van der Waals surface area contributed by atoms with Gasteiger partial charge in [0.1, 0.15) is 11.5 Å². The summed E-state index contributed by atoms with van der Waals surface area (Å²) < 4.78 is 11.4. The van der Waals surface area contributed by atoms with Crippen LogP contribution in [0.1, 0.15) is 24.8 Å². The molecule has 6 heteroatoms. The van der Waals surface area contributed by atoms with Gasteiger partial charge in [0.2, 0.25) is 5.91 Å². The fourth-order valence-electron chi connectivity index (χ4n) is 2.74. The van der Waals surface area contributed by atoms with Crippen molar-refractivity contribution in [2.24, 2.45) is 0 Å². The van der Waals surface area contributed by atoms with Crippen LogP contribution in [0, 0.1) is 0 Å². The lowest BCUT2D eigenvalue weighted by atomic mass is 9.97. The van der Waals surface area contributed by atoms with Crippen LogP contribution < -0.4 is 14.4 Å². The van der Waals surface area contributed by atoms with Crippen LogP contribution in [-0.2, 0) is 4.79 Å². The second-order valence-corrected chi connectivity index (χ2v) is 7.17. The fraction of sp³-hybridized carbons (Fsp3) is 0.350. The number of halogens is 2. The Hall–Kier alpha value is -1.72. The molecule has 2 aromatic rings. The summed E-state index contributed by atoms with van der Waals surface area (Å²) in [5.41, 5.74) is 1.84. The molecule has 0 aliphatic carbocycles. The Morgan fingerprint density at radius 3 is 2.62 bits per heavy atom. The molecule has 0 saturated heterocycles. The highest BCUT2D eigenvalue weighted by Gasteiger charge is 2.20. The van der Waals surface area contributed by atoms with E-state index in [1.807, 2.05) is 49.4 Å². The summed E-state index contributed by atoms with van der Waals surface area (Å²) in [5.74, 6) is 1.91. The maximum atomic E-state index is 12.9. The number of anilines is 1. The van der Waals surface area contributed by atoms with E-state index in [0.717, 1.165) is 21.5 Å². The molecule has 0 saturated carbocycles. The monoisotopic (exact) mass is 439 g/mol. The van der Waals surface area contributed by atoms with Crippen molar-refractivity contribution in [3.8, 4) is 11.5 Å². The largest absolute Gasteiger partial charge is 0.497 e. The van der Waals surface area contributed by atoms with E-state index in [9.17, 15) is 4.79 Å². The van der Waals surface area contributed by atoms with E-state index in [1.165, 1.54) is 0 Å². The molecule has 0 N–H and O–H groups in total. The quantitative estimate of drug-likeness (QED) is 0.527. The van der Waals surface area contributed by atoms with Crippen LogP contribution in [0.5, 0.6) is 11.5 Å². The van der Waals surface area contributed by atoms with Gasteiger partial charge in [0.05, 0.1) is 18.7 Å². The van der Waals surface area contributed by atoms with Gasteiger partial charge in [0.15, 0.2) is 0 Å². The summed E-state index contributed by atoms with van der Waals surface area (Å²) in [6.07, 6.45) is 0.377. The molecule has 0 aromatic heterocycles. The molecule has 4 nitrogen and oxygen atoms in total. The Morgan fingerprint density at radius 2 is 1.96 bits per heavy atom. The van der Waals surface area contributed by atoms with Gasteiger partial charge >= 0.3 is 0 Å². The number of hydrogen-bond acceptors (Lipinski definition) is 3. The minimum atomic E-state index is 0.0188. The van der Waals surface area contributed by atoms with Crippen LogP contribution in [0.3, 0.4) is 0 Å². The predicted molar refractivity (Wildman–Crippen MR) is 110 cm³/mol. The number of ether oxygens (including phenoxy) is 2. The van der Waals surface area contributed by atoms with E-state index in [1.54, 1.807) is 19.1 Å². The molecule has 0 fully saturated rings. The van der Waals surface area contributed by atoms with E-state index in [-0.39, 0.29) is 11.8 Å². The van der Waals surface area contributed by atoms with E-state index in [2.05, 4.69) is 15.9 Å². The summed E-state index contributed by atoms with van der Waals surface area (Å²) >= 11 is 9.37. The van der Waals surface area contributed by atoms with Crippen LogP contribution in [0.2, 0.25) is 0 Å². The van der Waals surface area contributed by atoms with E-state index in [4.69, 9.17) is 21.1 Å². The summed E-state index contributed by atoms with van der Waals surface area (Å²) in [5, 5.41) is 0. The summed E-state index contributed by atoms with van der Waals surface area (Å²) in [6, 6.07) is 13.4. The highest BCUT2D eigenvalue weighted by molar-refractivity contribution is 9.10. The summed E-state index contributed by atoms with van der Waals surface area (Å²) in [4.78, 5) is 14.6. The number of methoxy groups -OCH3 is 2. The fourth-order valence-corrected chi connectivity index (χ4v) is 3.31. The highest BCUT2D eigenvalue weighted by atomic mass is 79.9. The van der Waals surface area contributed by atoms with Crippen molar-refractivity contribution in [3.05, 3.63) is 52.5 Å². The zero-order chi connectivity index (χ0) is 19.1. The van der Waals surface area contributed by atoms with Crippen LogP contribution in [0.15, 0.2) is 46.9 Å². The second-order valence-electron chi connectivity index (χ2n) is 5.93. The van der Waals surface area contributed by atoms with Gasteiger partial charge in [0, 0.05) is 30.6 Å². The lowest BCUT2D eigenvalue weighted by Crippen LogP contribution is -2.33. The molecule has 0 unspecified atom stereocenters. The number of rotatable bonds is 8. The first kappa shape index (κ1) is 20.6. The van der Waals surface area contributed by atoms with Gasteiger partial charge in [-0.3, -0.25) is 4.79 Å². The maximum absolute atomic E-state index is 12.9. The topological polar surface area (TPSA) is 38.8 Å². The normalized spacial score (nSPS) is 11.7. The zero-order valence-corrected chi connectivity index (χ0v) is 17.5. The average Bonchev–Trinajstić information content (AvgIpc) is 2.66. The van der Waals surface area contributed by atoms with Crippen molar-refractivity contribution in [2.45, 2.75) is 19.3 Å². The van der Waals surface area contributed by atoms with E-state index >= 15 is 0 Å². The van der Waals surface area contributed by atoms with Gasteiger partial charge < -0.3 is 14.4 Å². The Balaban J connectivity index is 2.19. The summed E-state index contributed by atoms with van der Waals surface area (Å²) in [6.45, 7) is 2.48. The molecular formula is C20H23BrClNO3. The number of carbonyl (C=O) groups is 1. The van der Waals surface area contributed by atoms with Crippen molar-refractivity contribution in [1.29, 1.82) is 0 Å². The van der Waals surface area contributed by atoms with Gasteiger partial charge in [-0.1, -0.05) is 19.1 Å². The highest BCUT2D eigenvalue weighted by Crippen LogP contribution is 2.31. The first-order valence-electron chi connectivity index (χ1n) is 8.34. The van der Waals surface area contributed by atoms with Gasteiger partial charge in [-0.15, -0.1) is 11.6 Å². The van der Waals surface area contributed by atoms with Gasteiger partial charge in [-0.05, 0) is 51.7 Å². The lowest BCUT2D eigenvalue weighted by Gasteiger charge is -2.24. The third-order valence-electron chi connectivity index (χ3n) is 4.20. The third-order valence-corrected chi connectivity index (χ3v) is 5.02. The molecule has 1 amide bonds. The molecule has 1 atom stereocenters. The van der Waals surface area contributed by atoms with Crippen molar-refractivity contribution in [1.82, 2.24) is 0 Å². The third kappa shape index (κ3) is 5.15. The Kier molecular flexibility index (Phi) is 7.79. The number of carbonyl (C=O) groups excluding carboxylic acids is 1. The molecule has 0 heterocycles. The number of alkyl halides is 1. The molecule has 2 aromatic carbocycles. The molecule has 26 heavy (non-hydrogen) atoms. The van der Waals surface area contributed by atoms with Crippen LogP contribution in [0.4, 0.5) is 5.69 Å². The molecule has 140 valence electrons. The predicted octanol–water partition coefficient (Wildman–Crippen LogP) is 5.23. The Labute approximate surface area is 168 Å². The SMILES string of the molecule is COc1cccc([C@@H](C)CC(=O)N(CCCl)c2ccc(Br)c(OC)c2)c1. The van der Waals surface area contributed by atoms with E-state index in [0.29, 0.717) is 24.6 Å². The van der Waals surface area contributed by atoms with E-state index < -0.39 is 0 Å². The molecule has 0 aliphatic heterocycles. The van der Waals surface area contributed by atoms with Crippen molar-refractivity contribution in [3.63, 3.8) is 0 Å². The Bertz CT molecular complexity index is 754. The molecule has 0 spiro atoms. The number of nitrogens with zero attached hydrogens (tertiary/aromatic N) is 1. The number of hydrogen-bond donors (Lipinski definition) is 0. The minimum Gasteiger partial charge on any atom is -0.497 e. The van der Waals surface area contributed by atoms with Gasteiger partial charge in [0.25, 0.3) is 0 Å². The van der Waals surface area contributed by atoms with Crippen molar-refractivity contribution in [2.75, 3.05) is 31.5 Å². The van der Waals surface area contributed by atoms with Gasteiger partial charge in [-0.2, -0.15) is 0 Å². The number of benzene rings is 2. The first-order chi connectivity index (χ1) is 12.5. The second kappa shape index (κ2) is 9.83. The maximum Gasteiger partial charge on any atom is 0.227 e. The molecule has 2 rings (SSSR count). The molecule has 0 radical (unpaired) electrons. The molecule has 0 bridgehead atoms. The molecular weight excluding hydrogens is 418 g/mol. The molecule has 0 aliphatic rings. The zero-order valence-electron chi connectivity index (χ0n) is 15.2. The lowest BCUT2D eigenvalue weighted by molar-refractivity contribution is -0.118. The minimum absolute atomic E-state index is 0.0188. The van der Waals surface area contributed by atoms with Crippen molar-refractivity contribution < 1.29 is 14.3 Å². The van der Waals surface area contributed by atoms with Gasteiger partial charge in [-0.25, -0.2) is 0 Å². The van der Waals surface area contributed by atoms with Crippen LogP contribution in [-0.4, -0.2) is 32.6 Å². The average molecular weight is 441 g/mol. The first-order valence-corrected chi connectivity index (χ1v) is 9.66. The standard InChI is InChI=1S/C20H23BrClNO3/c1-14(15-5-4-6-17(12-15)25-2)11-20(24)23(10-9-22)16-7-8-18(21)19(13-16)26-3/h4-8,12-14H,9-11H2,1-3H3/t14-/m0/s1. The van der Waals surface area contributed by atoms with Crippen LogP contribution >= 0.6 is 27.5 Å². The summed E-state index contributed by atoms with van der Waals surface area (Å²) in [7, 11) is 3.24.